The van der Waals surface area contributed by atoms with Gasteiger partial charge in [0.05, 0.1) is 10.9 Å². The minimum atomic E-state index is -0.432. The van der Waals surface area contributed by atoms with E-state index in [1.54, 1.807) is 12.1 Å². The van der Waals surface area contributed by atoms with Crippen molar-refractivity contribution >= 4 is 40.9 Å². The molecule has 3 amide bonds. The molecule has 1 aliphatic heterocycles. The summed E-state index contributed by atoms with van der Waals surface area (Å²) in [4.78, 5) is 39.1. The Bertz CT molecular complexity index is 862. The van der Waals surface area contributed by atoms with Gasteiger partial charge in [-0.3, -0.25) is 14.4 Å². The molecule has 0 unspecified atom stereocenters. The molecule has 0 spiro atoms. The number of carbonyl (C=O) groups excluding carboxylic acids is 3. The SMILES string of the molecule is CCCCC(=O)Nc1ccc(S[C@@H]2CC(=O)N(c3ccc(C)cc3)C2=O)cc1. The molecule has 2 aromatic rings. The standard InChI is InChI=1S/C22H24N2O3S/c1-3-4-5-20(25)23-16-8-12-18(13-9-16)28-19-14-21(26)24(22(19)27)17-10-6-15(2)7-11-17/h6-13,19H,3-5,14H2,1-2H3,(H,23,25)/t19-/m1/s1. The van der Waals surface area contributed by atoms with Crippen LogP contribution in [0.1, 0.15) is 38.2 Å². The molecule has 6 heteroatoms. The summed E-state index contributed by atoms with van der Waals surface area (Å²) in [5, 5.41) is 2.44. The number of amides is 3. The van der Waals surface area contributed by atoms with Gasteiger partial charge in [-0.2, -0.15) is 0 Å². The zero-order chi connectivity index (χ0) is 20.1. The van der Waals surface area contributed by atoms with Crippen molar-refractivity contribution in [2.75, 3.05) is 10.2 Å². The molecule has 1 saturated heterocycles. The van der Waals surface area contributed by atoms with Crippen LogP contribution < -0.4 is 10.2 Å². The summed E-state index contributed by atoms with van der Waals surface area (Å²) >= 11 is 1.38. The van der Waals surface area contributed by atoms with E-state index in [-0.39, 0.29) is 24.1 Å². The first-order valence-corrected chi connectivity index (χ1v) is 10.4. The quantitative estimate of drug-likeness (QED) is 0.698. The largest absolute Gasteiger partial charge is 0.326 e. The average Bonchev–Trinajstić information content (AvgIpc) is 2.96. The van der Waals surface area contributed by atoms with Gasteiger partial charge in [-0.05, 0) is 49.7 Å². The van der Waals surface area contributed by atoms with E-state index in [9.17, 15) is 14.4 Å². The summed E-state index contributed by atoms with van der Waals surface area (Å²) in [5.41, 5.74) is 2.44. The topological polar surface area (TPSA) is 66.5 Å². The molecule has 0 aromatic heterocycles. The van der Waals surface area contributed by atoms with Crippen LogP contribution in [-0.4, -0.2) is 23.0 Å². The minimum Gasteiger partial charge on any atom is -0.326 e. The molecule has 146 valence electrons. The normalized spacial score (nSPS) is 16.5. The van der Waals surface area contributed by atoms with E-state index in [1.807, 2.05) is 50.2 Å². The predicted octanol–water partition coefficient (Wildman–Crippen LogP) is 4.55. The first kappa shape index (κ1) is 20.1. The number of benzene rings is 2. The molecule has 2 aromatic carbocycles. The Kier molecular flexibility index (Phi) is 6.52. The third-order valence-electron chi connectivity index (χ3n) is 4.57. The van der Waals surface area contributed by atoms with Crippen molar-refractivity contribution in [3.8, 4) is 0 Å². The Hall–Kier alpha value is -2.60. The van der Waals surface area contributed by atoms with Crippen LogP contribution in [0.5, 0.6) is 0 Å². The maximum Gasteiger partial charge on any atom is 0.247 e. The molecule has 1 aliphatic rings. The van der Waals surface area contributed by atoms with Crippen molar-refractivity contribution in [2.45, 2.75) is 49.7 Å². The number of unbranched alkanes of at least 4 members (excludes halogenated alkanes) is 1. The molecule has 0 aliphatic carbocycles. The van der Waals surface area contributed by atoms with E-state index in [0.717, 1.165) is 29.0 Å². The van der Waals surface area contributed by atoms with Gasteiger partial charge in [0.25, 0.3) is 0 Å². The fourth-order valence-corrected chi connectivity index (χ4v) is 4.06. The van der Waals surface area contributed by atoms with Gasteiger partial charge in [0.15, 0.2) is 0 Å². The van der Waals surface area contributed by atoms with Crippen molar-refractivity contribution in [3.63, 3.8) is 0 Å². The zero-order valence-corrected chi connectivity index (χ0v) is 16.9. The van der Waals surface area contributed by atoms with E-state index in [1.165, 1.54) is 16.7 Å². The van der Waals surface area contributed by atoms with Gasteiger partial charge >= 0.3 is 0 Å². The Morgan fingerprint density at radius 2 is 1.79 bits per heavy atom. The second-order valence-electron chi connectivity index (χ2n) is 6.89. The number of imide groups is 1. The number of hydrogen-bond donors (Lipinski definition) is 1. The maximum absolute atomic E-state index is 12.7. The van der Waals surface area contributed by atoms with Gasteiger partial charge in [-0.25, -0.2) is 4.90 Å². The first-order chi connectivity index (χ1) is 13.5. The number of carbonyl (C=O) groups is 3. The fraction of sp³-hybridized carbons (Fsp3) is 0.318. The van der Waals surface area contributed by atoms with E-state index >= 15 is 0 Å². The molecule has 3 rings (SSSR count). The van der Waals surface area contributed by atoms with Crippen molar-refractivity contribution in [2.24, 2.45) is 0 Å². The Balaban J connectivity index is 1.62. The number of aryl methyl sites for hydroxylation is 1. The third kappa shape index (κ3) is 4.81. The number of hydrogen-bond acceptors (Lipinski definition) is 4. The van der Waals surface area contributed by atoms with Crippen molar-refractivity contribution < 1.29 is 14.4 Å². The number of nitrogens with zero attached hydrogens (tertiary/aromatic N) is 1. The highest BCUT2D eigenvalue weighted by Gasteiger charge is 2.40. The highest BCUT2D eigenvalue weighted by atomic mass is 32.2. The molecular formula is C22H24N2O3S. The summed E-state index contributed by atoms with van der Waals surface area (Å²) in [6.07, 6.45) is 2.55. The lowest BCUT2D eigenvalue weighted by molar-refractivity contribution is -0.121. The average molecular weight is 397 g/mol. The van der Waals surface area contributed by atoms with E-state index in [0.29, 0.717) is 12.1 Å². The van der Waals surface area contributed by atoms with Crippen LogP contribution >= 0.6 is 11.8 Å². The smallest absolute Gasteiger partial charge is 0.247 e. The van der Waals surface area contributed by atoms with Gasteiger partial charge in [0, 0.05) is 23.4 Å². The van der Waals surface area contributed by atoms with Crippen LogP contribution in [0.15, 0.2) is 53.4 Å². The maximum atomic E-state index is 12.7. The van der Waals surface area contributed by atoms with Crippen molar-refractivity contribution in [1.29, 1.82) is 0 Å². The molecule has 0 bridgehead atoms. The number of nitrogens with one attached hydrogen (secondary N) is 1. The number of thioether (sulfide) groups is 1. The molecular weight excluding hydrogens is 372 g/mol. The molecule has 5 nitrogen and oxygen atoms in total. The van der Waals surface area contributed by atoms with Crippen molar-refractivity contribution in [3.05, 3.63) is 54.1 Å². The first-order valence-electron chi connectivity index (χ1n) is 9.48. The fourth-order valence-electron chi connectivity index (χ4n) is 3.00. The van der Waals surface area contributed by atoms with Crippen LogP contribution in [0.4, 0.5) is 11.4 Å². The third-order valence-corrected chi connectivity index (χ3v) is 5.77. The van der Waals surface area contributed by atoms with Gasteiger partial charge in [-0.15, -0.1) is 11.8 Å². The van der Waals surface area contributed by atoms with Crippen LogP contribution in [0.25, 0.3) is 0 Å². The van der Waals surface area contributed by atoms with E-state index < -0.39 is 5.25 Å². The van der Waals surface area contributed by atoms with Crippen molar-refractivity contribution in [1.82, 2.24) is 0 Å². The lowest BCUT2D eigenvalue weighted by Crippen LogP contribution is -2.31. The van der Waals surface area contributed by atoms with Gasteiger partial charge in [0.1, 0.15) is 0 Å². The second kappa shape index (κ2) is 9.06. The summed E-state index contributed by atoms with van der Waals surface area (Å²) in [6, 6.07) is 14.8. The predicted molar refractivity (Wildman–Crippen MR) is 113 cm³/mol. The zero-order valence-electron chi connectivity index (χ0n) is 16.1. The molecule has 0 saturated carbocycles. The summed E-state index contributed by atoms with van der Waals surface area (Å²) < 4.78 is 0. The molecule has 0 radical (unpaired) electrons. The Labute approximate surface area is 169 Å². The lowest BCUT2D eigenvalue weighted by Gasteiger charge is -2.15. The number of rotatable bonds is 7. The van der Waals surface area contributed by atoms with Gasteiger partial charge < -0.3 is 5.32 Å². The highest BCUT2D eigenvalue weighted by Crippen LogP contribution is 2.34. The van der Waals surface area contributed by atoms with Crippen LogP contribution in [0.3, 0.4) is 0 Å². The van der Waals surface area contributed by atoms with Gasteiger partial charge in [0.2, 0.25) is 17.7 Å². The van der Waals surface area contributed by atoms with Crippen LogP contribution in [0.2, 0.25) is 0 Å². The molecule has 1 heterocycles. The second-order valence-corrected chi connectivity index (χ2v) is 8.17. The van der Waals surface area contributed by atoms with Crippen LogP contribution in [-0.2, 0) is 14.4 Å². The molecule has 28 heavy (non-hydrogen) atoms. The molecule has 1 atom stereocenters. The summed E-state index contributed by atoms with van der Waals surface area (Å²) in [5.74, 6) is -0.352. The monoisotopic (exact) mass is 396 g/mol. The van der Waals surface area contributed by atoms with E-state index in [2.05, 4.69) is 5.32 Å². The highest BCUT2D eigenvalue weighted by molar-refractivity contribution is 8.00. The Morgan fingerprint density at radius 1 is 1.11 bits per heavy atom. The van der Waals surface area contributed by atoms with Gasteiger partial charge in [-0.1, -0.05) is 31.0 Å². The molecule has 1 N–H and O–H groups in total. The lowest BCUT2D eigenvalue weighted by atomic mass is 10.2. The van der Waals surface area contributed by atoms with E-state index in [4.69, 9.17) is 0 Å². The minimum absolute atomic E-state index is 0.00700. The Morgan fingerprint density at radius 3 is 2.43 bits per heavy atom. The molecule has 1 fully saturated rings. The number of anilines is 2. The summed E-state index contributed by atoms with van der Waals surface area (Å²) in [7, 11) is 0. The van der Waals surface area contributed by atoms with Crippen LogP contribution in [0, 0.1) is 6.92 Å². The summed E-state index contributed by atoms with van der Waals surface area (Å²) in [6.45, 7) is 4.01.